The number of furan rings is 1. The molecule has 158 valence electrons. The van der Waals surface area contributed by atoms with Crippen molar-refractivity contribution >= 4 is 22.8 Å². The molecule has 4 N–H and O–H groups in total. The van der Waals surface area contributed by atoms with Gasteiger partial charge in [-0.15, -0.1) is 0 Å². The number of nitrogens with two attached hydrogens (primary N) is 1. The third-order valence-electron chi connectivity index (χ3n) is 4.66. The number of rotatable bonds is 9. The third-order valence-corrected chi connectivity index (χ3v) is 4.66. The summed E-state index contributed by atoms with van der Waals surface area (Å²) in [5, 5.41) is 12.2. The fraction of sp³-hybridized carbons (Fsp3) is 0.273. The average molecular weight is 412 g/mol. The van der Waals surface area contributed by atoms with Crippen molar-refractivity contribution in [2.45, 2.75) is 19.1 Å². The zero-order valence-electron chi connectivity index (χ0n) is 16.8. The summed E-state index contributed by atoms with van der Waals surface area (Å²) >= 11 is 0. The minimum absolute atomic E-state index is 0.248. The van der Waals surface area contributed by atoms with E-state index in [1.54, 1.807) is 32.2 Å². The van der Waals surface area contributed by atoms with Crippen LogP contribution in [0.4, 0.5) is 0 Å². The van der Waals surface area contributed by atoms with E-state index in [0.29, 0.717) is 29.1 Å². The van der Waals surface area contributed by atoms with Crippen molar-refractivity contribution in [3.05, 3.63) is 65.4 Å². The minimum atomic E-state index is -1.19. The highest BCUT2D eigenvalue weighted by molar-refractivity contribution is 6.08. The first kappa shape index (κ1) is 21.4. The van der Waals surface area contributed by atoms with Crippen molar-refractivity contribution in [1.29, 1.82) is 0 Å². The zero-order chi connectivity index (χ0) is 21.7. The van der Waals surface area contributed by atoms with Gasteiger partial charge in [-0.3, -0.25) is 9.59 Å². The van der Waals surface area contributed by atoms with Gasteiger partial charge in [0, 0.05) is 12.5 Å². The van der Waals surface area contributed by atoms with Gasteiger partial charge in [0.2, 0.25) is 5.91 Å². The molecular formula is C22H24N2O6. The summed E-state index contributed by atoms with van der Waals surface area (Å²) in [6.07, 6.45) is -0.340. The van der Waals surface area contributed by atoms with Gasteiger partial charge in [-0.2, -0.15) is 0 Å². The number of aryl methyl sites for hydroxylation is 1. The maximum absolute atomic E-state index is 12.7. The number of ether oxygens (including phenoxy) is 2. The number of primary amides is 1. The van der Waals surface area contributed by atoms with Gasteiger partial charge < -0.3 is 30.0 Å². The second kappa shape index (κ2) is 9.43. The molecule has 0 fully saturated rings. The van der Waals surface area contributed by atoms with Crippen LogP contribution in [0.25, 0.3) is 11.0 Å². The maximum atomic E-state index is 12.7. The van der Waals surface area contributed by atoms with Crippen LogP contribution in [0.1, 0.15) is 27.8 Å². The van der Waals surface area contributed by atoms with E-state index in [1.165, 1.54) is 0 Å². The van der Waals surface area contributed by atoms with E-state index < -0.39 is 24.5 Å². The van der Waals surface area contributed by atoms with Crippen molar-refractivity contribution < 1.29 is 28.6 Å². The Morgan fingerprint density at radius 3 is 2.57 bits per heavy atom. The Morgan fingerprint density at radius 2 is 1.93 bits per heavy atom. The third kappa shape index (κ3) is 4.61. The molecule has 2 atom stereocenters. The van der Waals surface area contributed by atoms with Crippen molar-refractivity contribution in [2.75, 3.05) is 20.3 Å². The normalized spacial score (nSPS) is 13.0. The van der Waals surface area contributed by atoms with E-state index in [4.69, 9.17) is 19.6 Å². The van der Waals surface area contributed by atoms with Crippen LogP contribution >= 0.6 is 0 Å². The second-order valence-corrected chi connectivity index (χ2v) is 6.77. The van der Waals surface area contributed by atoms with Gasteiger partial charge in [0.25, 0.3) is 5.91 Å². The van der Waals surface area contributed by atoms with E-state index in [9.17, 15) is 14.7 Å². The summed E-state index contributed by atoms with van der Waals surface area (Å²) in [6.45, 7) is 1.39. The predicted molar refractivity (Wildman–Crippen MR) is 110 cm³/mol. The van der Waals surface area contributed by atoms with Crippen molar-refractivity contribution in [1.82, 2.24) is 5.32 Å². The highest BCUT2D eigenvalue weighted by atomic mass is 16.5. The predicted octanol–water partition coefficient (Wildman–Crippen LogP) is 2.08. The SMILES string of the molecule is COCC(Oc1ccc2oc(C)c(C(=O)N[C@@H](CO)C(N)=O)c2c1)c1ccccc1. The number of amides is 2. The summed E-state index contributed by atoms with van der Waals surface area (Å²) in [4.78, 5) is 24.1. The topological polar surface area (TPSA) is 124 Å². The Bertz CT molecular complexity index is 1030. The van der Waals surface area contributed by atoms with Gasteiger partial charge >= 0.3 is 0 Å². The molecule has 3 rings (SSSR count). The van der Waals surface area contributed by atoms with Crippen LogP contribution in [0.5, 0.6) is 5.75 Å². The van der Waals surface area contributed by atoms with Gasteiger partial charge in [0.15, 0.2) is 0 Å². The Balaban J connectivity index is 1.92. The monoisotopic (exact) mass is 412 g/mol. The molecule has 8 heteroatoms. The number of carbonyl (C=O) groups excluding carboxylic acids is 2. The number of aliphatic hydroxyl groups is 1. The molecule has 0 aliphatic carbocycles. The van der Waals surface area contributed by atoms with Crippen molar-refractivity contribution in [3.63, 3.8) is 0 Å². The fourth-order valence-electron chi connectivity index (χ4n) is 3.17. The number of aliphatic hydroxyl groups excluding tert-OH is 1. The Kier molecular flexibility index (Phi) is 6.71. The Hall–Kier alpha value is -3.36. The highest BCUT2D eigenvalue weighted by Gasteiger charge is 2.24. The zero-order valence-corrected chi connectivity index (χ0v) is 16.8. The number of methoxy groups -OCH3 is 1. The van der Waals surface area contributed by atoms with Gasteiger partial charge in [0.05, 0.1) is 18.8 Å². The first-order chi connectivity index (χ1) is 14.4. The van der Waals surface area contributed by atoms with Crippen LogP contribution in [-0.2, 0) is 9.53 Å². The molecule has 1 unspecified atom stereocenters. The molecule has 1 aromatic heterocycles. The van der Waals surface area contributed by atoms with E-state index in [0.717, 1.165) is 5.56 Å². The van der Waals surface area contributed by atoms with Crippen LogP contribution in [0, 0.1) is 6.92 Å². The molecule has 2 amide bonds. The first-order valence-electron chi connectivity index (χ1n) is 9.39. The lowest BCUT2D eigenvalue weighted by molar-refractivity contribution is -0.120. The number of hydrogen-bond donors (Lipinski definition) is 3. The highest BCUT2D eigenvalue weighted by Crippen LogP contribution is 2.31. The van der Waals surface area contributed by atoms with Gasteiger partial charge in [-0.25, -0.2) is 0 Å². The van der Waals surface area contributed by atoms with E-state index >= 15 is 0 Å². The lowest BCUT2D eigenvalue weighted by atomic mass is 10.1. The number of carbonyl (C=O) groups is 2. The molecule has 1 heterocycles. The average Bonchev–Trinajstić information content (AvgIpc) is 3.07. The molecule has 0 saturated heterocycles. The van der Waals surface area contributed by atoms with Crippen molar-refractivity contribution in [3.8, 4) is 5.75 Å². The molecule has 0 bridgehead atoms. The van der Waals surface area contributed by atoms with E-state index in [2.05, 4.69) is 5.32 Å². The lowest BCUT2D eigenvalue weighted by Crippen LogP contribution is -2.46. The standard InChI is InChI=1S/C22H24N2O6/c1-13-20(22(27)24-17(11-25)21(23)26)16-10-15(8-9-18(16)29-13)30-19(12-28-2)14-6-4-3-5-7-14/h3-10,17,19,25H,11-12H2,1-2H3,(H2,23,26)(H,24,27)/t17-,19?/m0/s1. The molecule has 0 saturated carbocycles. The number of benzene rings is 2. The number of hydrogen-bond acceptors (Lipinski definition) is 6. The van der Waals surface area contributed by atoms with E-state index in [-0.39, 0.29) is 11.7 Å². The van der Waals surface area contributed by atoms with Crippen LogP contribution in [-0.4, -0.2) is 43.3 Å². The number of fused-ring (bicyclic) bond motifs is 1. The fourth-order valence-corrected chi connectivity index (χ4v) is 3.17. The Morgan fingerprint density at radius 1 is 1.20 bits per heavy atom. The molecule has 30 heavy (non-hydrogen) atoms. The molecule has 3 aromatic rings. The van der Waals surface area contributed by atoms with Crippen LogP contribution in [0.2, 0.25) is 0 Å². The van der Waals surface area contributed by atoms with Gasteiger partial charge in [-0.1, -0.05) is 30.3 Å². The largest absolute Gasteiger partial charge is 0.483 e. The molecule has 0 spiro atoms. The minimum Gasteiger partial charge on any atom is -0.483 e. The quantitative estimate of drug-likeness (QED) is 0.494. The van der Waals surface area contributed by atoms with Gasteiger partial charge in [0.1, 0.15) is 29.2 Å². The summed E-state index contributed by atoms with van der Waals surface area (Å²) < 4.78 is 17.1. The Labute approximate surface area is 173 Å². The lowest BCUT2D eigenvalue weighted by Gasteiger charge is -2.19. The maximum Gasteiger partial charge on any atom is 0.256 e. The molecule has 8 nitrogen and oxygen atoms in total. The smallest absolute Gasteiger partial charge is 0.256 e. The molecule has 0 aliphatic heterocycles. The van der Waals surface area contributed by atoms with Crippen molar-refractivity contribution in [2.24, 2.45) is 5.73 Å². The van der Waals surface area contributed by atoms with Gasteiger partial charge in [-0.05, 0) is 30.7 Å². The summed E-state index contributed by atoms with van der Waals surface area (Å²) in [6, 6.07) is 13.6. The van der Waals surface area contributed by atoms with Crippen LogP contribution in [0.3, 0.4) is 0 Å². The number of nitrogens with one attached hydrogen (secondary N) is 1. The summed E-state index contributed by atoms with van der Waals surface area (Å²) in [7, 11) is 1.60. The summed E-state index contributed by atoms with van der Waals surface area (Å²) in [5.41, 5.74) is 6.89. The van der Waals surface area contributed by atoms with Crippen LogP contribution in [0.15, 0.2) is 52.9 Å². The molecule has 0 aliphatic rings. The molecular weight excluding hydrogens is 388 g/mol. The second-order valence-electron chi connectivity index (χ2n) is 6.77. The summed E-state index contributed by atoms with van der Waals surface area (Å²) in [5.74, 6) is -0.502. The molecule has 0 radical (unpaired) electrons. The molecule has 2 aromatic carbocycles. The van der Waals surface area contributed by atoms with E-state index in [1.807, 2.05) is 30.3 Å². The van der Waals surface area contributed by atoms with Crippen LogP contribution < -0.4 is 15.8 Å². The first-order valence-corrected chi connectivity index (χ1v) is 9.39.